The molecule has 27 heavy (non-hydrogen) atoms. The van der Waals surface area contributed by atoms with Gasteiger partial charge in [-0.15, -0.1) is 6.58 Å². The molecule has 0 spiro atoms. The monoisotopic (exact) mass is 399 g/mol. The van der Waals surface area contributed by atoms with E-state index in [1.165, 1.54) is 29.5 Å². The van der Waals surface area contributed by atoms with E-state index in [-0.39, 0.29) is 5.69 Å². The summed E-state index contributed by atoms with van der Waals surface area (Å²) in [6, 6.07) is 11.7. The molecule has 0 aliphatic rings. The van der Waals surface area contributed by atoms with Gasteiger partial charge in [-0.3, -0.25) is 14.9 Å². The van der Waals surface area contributed by atoms with Gasteiger partial charge in [-0.1, -0.05) is 47.2 Å². The van der Waals surface area contributed by atoms with Crippen LogP contribution in [0, 0.1) is 10.1 Å². The van der Waals surface area contributed by atoms with E-state index in [2.05, 4.69) is 11.6 Å². The van der Waals surface area contributed by atoms with Gasteiger partial charge in [0.15, 0.2) is 4.80 Å². The highest BCUT2D eigenvalue weighted by Crippen LogP contribution is 2.23. The van der Waals surface area contributed by atoms with Crippen LogP contribution in [0.2, 0.25) is 5.02 Å². The average molecular weight is 400 g/mol. The first-order valence-corrected chi connectivity index (χ1v) is 9.09. The summed E-state index contributed by atoms with van der Waals surface area (Å²) in [5.41, 5.74) is 1.46. The number of hydrogen-bond acceptors (Lipinski definition) is 4. The lowest BCUT2D eigenvalue weighted by molar-refractivity contribution is -0.384. The van der Waals surface area contributed by atoms with Gasteiger partial charge in [0.2, 0.25) is 0 Å². The van der Waals surface area contributed by atoms with Crippen LogP contribution in [-0.4, -0.2) is 15.4 Å². The number of nitro benzene ring substituents is 1. The van der Waals surface area contributed by atoms with Crippen LogP contribution >= 0.6 is 22.9 Å². The topological polar surface area (TPSA) is 77.5 Å². The molecule has 1 amide bonds. The number of halogens is 1. The molecule has 0 unspecified atom stereocenters. The standard InChI is InChI=1S/C19H14ClN3O3S/c1-2-11-22-16-9-8-14(23(25)26)12-17(16)27-19(22)21-18(24)10-7-13-5-3-4-6-15(13)20/h2-10,12H,1,11H2. The number of fused-ring (bicyclic) bond motifs is 1. The number of rotatable bonds is 5. The van der Waals surface area contributed by atoms with Gasteiger partial charge in [-0.2, -0.15) is 4.99 Å². The molecule has 0 N–H and O–H groups in total. The first-order chi connectivity index (χ1) is 13.0. The predicted molar refractivity (Wildman–Crippen MR) is 108 cm³/mol. The van der Waals surface area contributed by atoms with Gasteiger partial charge in [0.25, 0.3) is 11.6 Å². The summed E-state index contributed by atoms with van der Waals surface area (Å²) in [6.07, 6.45) is 4.62. The van der Waals surface area contributed by atoms with Crippen molar-refractivity contribution in [2.45, 2.75) is 6.54 Å². The molecule has 0 saturated heterocycles. The number of non-ortho nitro benzene ring substituents is 1. The molecule has 3 aromatic rings. The fraction of sp³-hybridized carbons (Fsp3) is 0.0526. The van der Waals surface area contributed by atoms with Crippen molar-refractivity contribution in [1.29, 1.82) is 0 Å². The van der Waals surface area contributed by atoms with Crippen molar-refractivity contribution < 1.29 is 9.72 Å². The van der Waals surface area contributed by atoms with Crippen LogP contribution in [0.25, 0.3) is 16.3 Å². The lowest BCUT2D eigenvalue weighted by atomic mass is 10.2. The molecule has 0 saturated carbocycles. The van der Waals surface area contributed by atoms with E-state index in [4.69, 9.17) is 11.6 Å². The molecule has 0 atom stereocenters. The number of amides is 1. The van der Waals surface area contributed by atoms with Crippen LogP contribution < -0.4 is 4.80 Å². The number of nitrogens with zero attached hydrogens (tertiary/aromatic N) is 3. The lowest BCUT2D eigenvalue weighted by Crippen LogP contribution is -2.15. The summed E-state index contributed by atoms with van der Waals surface area (Å²) in [7, 11) is 0. The van der Waals surface area contributed by atoms with E-state index >= 15 is 0 Å². The van der Waals surface area contributed by atoms with E-state index in [0.29, 0.717) is 26.6 Å². The van der Waals surface area contributed by atoms with Gasteiger partial charge in [-0.25, -0.2) is 0 Å². The molecule has 0 radical (unpaired) electrons. The summed E-state index contributed by atoms with van der Waals surface area (Å²) in [4.78, 5) is 27.4. The molecule has 1 aromatic heterocycles. The van der Waals surface area contributed by atoms with Crippen LogP contribution in [0.1, 0.15) is 5.56 Å². The maximum Gasteiger partial charge on any atom is 0.272 e. The molecule has 1 heterocycles. The minimum absolute atomic E-state index is 0.00834. The fourth-order valence-corrected chi connectivity index (χ4v) is 3.75. The smallest absolute Gasteiger partial charge is 0.272 e. The Hall–Kier alpha value is -3.03. The Bertz CT molecular complexity index is 1140. The third-order valence-electron chi connectivity index (χ3n) is 3.71. The highest BCUT2D eigenvalue weighted by atomic mass is 35.5. The van der Waals surface area contributed by atoms with Crippen LogP contribution in [0.3, 0.4) is 0 Å². The van der Waals surface area contributed by atoms with Crippen LogP contribution in [0.15, 0.2) is 66.2 Å². The van der Waals surface area contributed by atoms with Crippen molar-refractivity contribution in [2.75, 3.05) is 0 Å². The number of allylic oxidation sites excluding steroid dienone is 1. The van der Waals surface area contributed by atoms with Crippen LogP contribution in [0.4, 0.5) is 5.69 Å². The molecule has 8 heteroatoms. The number of carbonyl (C=O) groups excluding carboxylic acids is 1. The Kier molecular flexibility index (Phi) is 5.63. The van der Waals surface area contributed by atoms with Crippen LogP contribution in [0.5, 0.6) is 0 Å². The Balaban J connectivity index is 2.02. The van der Waals surface area contributed by atoms with E-state index in [1.54, 1.807) is 41.0 Å². The molecule has 0 aliphatic heterocycles. The maximum atomic E-state index is 12.3. The Morgan fingerprint density at radius 2 is 2.11 bits per heavy atom. The highest BCUT2D eigenvalue weighted by Gasteiger charge is 2.11. The number of aromatic nitrogens is 1. The summed E-state index contributed by atoms with van der Waals surface area (Å²) < 4.78 is 2.46. The quantitative estimate of drug-likeness (QED) is 0.272. The predicted octanol–water partition coefficient (Wildman–Crippen LogP) is 4.59. The second kappa shape index (κ2) is 8.11. The number of thiazole rings is 1. The molecular formula is C19H14ClN3O3S. The van der Waals surface area contributed by atoms with Gasteiger partial charge < -0.3 is 4.57 Å². The van der Waals surface area contributed by atoms with Gasteiger partial charge in [0, 0.05) is 29.8 Å². The van der Waals surface area contributed by atoms with Crippen molar-refractivity contribution in [1.82, 2.24) is 4.57 Å². The number of nitro groups is 1. The summed E-state index contributed by atoms with van der Waals surface area (Å²) in [6.45, 7) is 4.14. The zero-order chi connectivity index (χ0) is 19.4. The van der Waals surface area contributed by atoms with Gasteiger partial charge in [-0.05, 0) is 23.8 Å². The number of carbonyl (C=O) groups is 1. The third-order valence-corrected chi connectivity index (χ3v) is 5.09. The minimum atomic E-state index is -0.453. The molecular weight excluding hydrogens is 386 g/mol. The molecule has 0 aliphatic carbocycles. The van der Waals surface area contributed by atoms with Crippen molar-refractivity contribution in [3.8, 4) is 0 Å². The van der Waals surface area contributed by atoms with Gasteiger partial charge in [0.05, 0.1) is 15.1 Å². The zero-order valence-electron chi connectivity index (χ0n) is 14.0. The first-order valence-electron chi connectivity index (χ1n) is 7.89. The largest absolute Gasteiger partial charge is 0.312 e. The molecule has 0 fully saturated rings. The fourth-order valence-electron chi connectivity index (χ4n) is 2.47. The van der Waals surface area contributed by atoms with E-state index in [9.17, 15) is 14.9 Å². The first kappa shape index (κ1) is 18.8. The molecule has 2 aromatic carbocycles. The SMILES string of the molecule is C=CCn1c(=NC(=O)C=Cc2ccccc2Cl)sc2cc([N+](=O)[O-])ccc21. The van der Waals surface area contributed by atoms with Crippen molar-refractivity contribution in [3.05, 3.63) is 86.7 Å². The molecule has 3 rings (SSSR count). The third kappa shape index (κ3) is 4.21. The Morgan fingerprint density at radius 3 is 2.81 bits per heavy atom. The Labute approximate surface area is 163 Å². The number of benzene rings is 2. The summed E-state index contributed by atoms with van der Waals surface area (Å²) in [5.74, 6) is -0.450. The Morgan fingerprint density at radius 1 is 1.33 bits per heavy atom. The highest BCUT2D eigenvalue weighted by molar-refractivity contribution is 7.16. The lowest BCUT2D eigenvalue weighted by Gasteiger charge is -2.00. The van der Waals surface area contributed by atoms with Crippen LogP contribution in [-0.2, 0) is 11.3 Å². The van der Waals surface area contributed by atoms with E-state index < -0.39 is 10.8 Å². The minimum Gasteiger partial charge on any atom is -0.312 e. The molecule has 136 valence electrons. The molecule has 6 nitrogen and oxygen atoms in total. The van der Waals surface area contributed by atoms with Gasteiger partial charge >= 0.3 is 0 Å². The van der Waals surface area contributed by atoms with Crippen molar-refractivity contribution in [2.24, 2.45) is 4.99 Å². The molecule has 0 bridgehead atoms. The summed E-state index contributed by atoms with van der Waals surface area (Å²) >= 11 is 7.28. The van der Waals surface area contributed by atoms with E-state index in [0.717, 1.165) is 5.52 Å². The average Bonchev–Trinajstić information content (AvgIpc) is 2.98. The second-order valence-corrected chi connectivity index (χ2v) is 6.91. The van der Waals surface area contributed by atoms with E-state index in [1.807, 2.05) is 6.07 Å². The number of hydrogen-bond donors (Lipinski definition) is 0. The summed E-state index contributed by atoms with van der Waals surface area (Å²) in [5, 5.41) is 11.5. The van der Waals surface area contributed by atoms with Crippen molar-refractivity contribution in [3.63, 3.8) is 0 Å². The van der Waals surface area contributed by atoms with Crippen molar-refractivity contribution >= 4 is 50.8 Å². The normalized spacial score (nSPS) is 12.0. The second-order valence-electron chi connectivity index (χ2n) is 5.50. The van der Waals surface area contributed by atoms with Gasteiger partial charge in [0.1, 0.15) is 0 Å². The zero-order valence-corrected chi connectivity index (χ0v) is 15.6. The maximum absolute atomic E-state index is 12.3.